The normalized spacial score (nSPS) is 10.6. The number of benzene rings is 1. The molecule has 0 bridgehead atoms. The smallest absolute Gasteiger partial charge is 0.325 e. The molecule has 0 spiro atoms. The fourth-order valence-electron chi connectivity index (χ4n) is 2.41. The zero-order valence-corrected chi connectivity index (χ0v) is 17.0. The van der Waals surface area contributed by atoms with Crippen molar-refractivity contribution in [3.63, 3.8) is 0 Å². The van der Waals surface area contributed by atoms with Crippen molar-refractivity contribution in [1.29, 1.82) is 0 Å². The van der Waals surface area contributed by atoms with Crippen LogP contribution in [0.1, 0.15) is 12.5 Å². The van der Waals surface area contributed by atoms with Crippen LogP contribution in [0.15, 0.2) is 53.0 Å². The quantitative estimate of drug-likeness (QED) is 0.426. The fourth-order valence-corrected chi connectivity index (χ4v) is 3.96. The molecular formula is C19H20N4O3S2. The summed E-state index contributed by atoms with van der Waals surface area (Å²) in [6, 6.07) is 13.3. The number of amides is 1. The standard InChI is InChI=1S/C19H20N4O3S2/c1-2-23-18(15-9-6-10-27-15)21-22-19(23)28-13-16(24)20-11-17(25)26-12-14-7-4-3-5-8-14/h3-10H,2,11-13H2,1H3,(H,20,24). The van der Waals surface area contributed by atoms with Gasteiger partial charge in [0.2, 0.25) is 5.91 Å². The van der Waals surface area contributed by atoms with Gasteiger partial charge in [0.25, 0.3) is 0 Å². The molecule has 0 unspecified atom stereocenters. The van der Waals surface area contributed by atoms with E-state index in [2.05, 4.69) is 15.5 Å². The van der Waals surface area contributed by atoms with Crippen molar-refractivity contribution in [2.75, 3.05) is 12.3 Å². The van der Waals surface area contributed by atoms with Gasteiger partial charge in [-0.1, -0.05) is 48.2 Å². The van der Waals surface area contributed by atoms with Gasteiger partial charge in [0.15, 0.2) is 11.0 Å². The molecule has 1 N–H and O–H groups in total. The molecule has 28 heavy (non-hydrogen) atoms. The molecule has 9 heteroatoms. The summed E-state index contributed by atoms with van der Waals surface area (Å²) in [7, 11) is 0. The van der Waals surface area contributed by atoms with Gasteiger partial charge in [0.1, 0.15) is 13.2 Å². The summed E-state index contributed by atoms with van der Waals surface area (Å²) < 4.78 is 7.11. The third-order valence-corrected chi connectivity index (χ3v) is 5.61. The van der Waals surface area contributed by atoms with Crippen LogP contribution < -0.4 is 5.32 Å². The second kappa shape index (κ2) is 10.0. The first kappa shape index (κ1) is 20.1. The van der Waals surface area contributed by atoms with Gasteiger partial charge in [-0.3, -0.25) is 9.59 Å². The third kappa shape index (κ3) is 5.43. The maximum atomic E-state index is 12.0. The largest absolute Gasteiger partial charge is 0.460 e. The molecule has 2 heterocycles. The molecule has 0 aliphatic heterocycles. The van der Waals surface area contributed by atoms with Crippen molar-refractivity contribution >= 4 is 35.0 Å². The van der Waals surface area contributed by atoms with E-state index in [0.717, 1.165) is 16.3 Å². The van der Waals surface area contributed by atoms with Crippen LogP contribution in [0.25, 0.3) is 10.7 Å². The molecule has 3 aromatic rings. The van der Waals surface area contributed by atoms with E-state index in [9.17, 15) is 9.59 Å². The van der Waals surface area contributed by atoms with Crippen LogP contribution in [0.3, 0.4) is 0 Å². The van der Waals surface area contributed by atoms with Gasteiger partial charge in [-0.2, -0.15) is 0 Å². The molecule has 0 aliphatic carbocycles. The number of hydrogen-bond acceptors (Lipinski definition) is 7. The summed E-state index contributed by atoms with van der Waals surface area (Å²) in [4.78, 5) is 24.8. The molecule has 0 saturated carbocycles. The average molecular weight is 417 g/mol. The van der Waals surface area contributed by atoms with Crippen LogP contribution in [0.2, 0.25) is 0 Å². The minimum absolute atomic E-state index is 0.147. The first-order valence-electron chi connectivity index (χ1n) is 8.73. The molecule has 1 aromatic carbocycles. The van der Waals surface area contributed by atoms with Crippen LogP contribution in [0.4, 0.5) is 0 Å². The summed E-state index contributed by atoms with van der Waals surface area (Å²) in [6.45, 7) is 2.74. The second-order valence-electron chi connectivity index (χ2n) is 5.74. The Balaban J connectivity index is 1.44. The molecule has 1 amide bonds. The Morgan fingerprint density at radius 2 is 2.00 bits per heavy atom. The monoisotopic (exact) mass is 416 g/mol. The van der Waals surface area contributed by atoms with Crippen LogP contribution in [0, 0.1) is 0 Å². The Morgan fingerprint density at radius 1 is 1.18 bits per heavy atom. The van der Waals surface area contributed by atoms with Crippen molar-refractivity contribution in [3.8, 4) is 10.7 Å². The highest BCUT2D eigenvalue weighted by molar-refractivity contribution is 7.99. The molecular weight excluding hydrogens is 396 g/mol. The van der Waals surface area contributed by atoms with Gasteiger partial charge in [-0.15, -0.1) is 21.5 Å². The number of rotatable bonds is 9. The van der Waals surface area contributed by atoms with E-state index < -0.39 is 5.97 Å². The maximum Gasteiger partial charge on any atom is 0.325 e. The van der Waals surface area contributed by atoms with Crippen molar-refractivity contribution in [1.82, 2.24) is 20.1 Å². The highest BCUT2D eigenvalue weighted by atomic mass is 32.2. The zero-order chi connectivity index (χ0) is 19.8. The first-order valence-corrected chi connectivity index (χ1v) is 10.6. The van der Waals surface area contributed by atoms with E-state index in [1.54, 1.807) is 11.3 Å². The van der Waals surface area contributed by atoms with Gasteiger partial charge < -0.3 is 14.6 Å². The van der Waals surface area contributed by atoms with E-state index in [1.807, 2.05) is 59.3 Å². The van der Waals surface area contributed by atoms with E-state index in [0.29, 0.717) is 11.7 Å². The lowest BCUT2D eigenvalue weighted by Crippen LogP contribution is -2.31. The molecule has 0 saturated heterocycles. The molecule has 2 aromatic heterocycles. The predicted octanol–water partition coefficient (Wildman–Crippen LogP) is 2.98. The fraction of sp³-hybridized carbons (Fsp3) is 0.263. The van der Waals surface area contributed by atoms with Gasteiger partial charge >= 0.3 is 5.97 Å². The summed E-state index contributed by atoms with van der Waals surface area (Å²) in [5.74, 6) is 0.211. The lowest BCUT2D eigenvalue weighted by atomic mass is 10.2. The predicted molar refractivity (Wildman–Crippen MR) is 109 cm³/mol. The lowest BCUT2D eigenvalue weighted by molar-refractivity contribution is -0.145. The van der Waals surface area contributed by atoms with E-state index in [1.165, 1.54) is 11.8 Å². The zero-order valence-electron chi connectivity index (χ0n) is 15.3. The number of hydrogen-bond donors (Lipinski definition) is 1. The summed E-state index contributed by atoms with van der Waals surface area (Å²) in [6.07, 6.45) is 0. The van der Waals surface area contributed by atoms with E-state index >= 15 is 0 Å². The Kier molecular flexibility index (Phi) is 7.21. The lowest BCUT2D eigenvalue weighted by Gasteiger charge is -2.07. The van der Waals surface area contributed by atoms with E-state index in [-0.39, 0.29) is 24.8 Å². The summed E-state index contributed by atoms with van der Waals surface area (Å²) >= 11 is 2.88. The number of esters is 1. The number of nitrogens with one attached hydrogen (secondary N) is 1. The molecule has 0 aliphatic rings. The number of thioether (sulfide) groups is 1. The Labute approximate surface area is 171 Å². The minimum Gasteiger partial charge on any atom is -0.460 e. The third-order valence-electron chi connectivity index (χ3n) is 3.78. The minimum atomic E-state index is -0.473. The highest BCUT2D eigenvalue weighted by Gasteiger charge is 2.15. The highest BCUT2D eigenvalue weighted by Crippen LogP contribution is 2.26. The maximum absolute atomic E-state index is 12.0. The Bertz CT molecular complexity index is 911. The first-order chi connectivity index (χ1) is 13.7. The van der Waals surface area contributed by atoms with Crippen LogP contribution in [-0.2, 0) is 27.5 Å². The van der Waals surface area contributed by atoms with E-state index in [4.69, 9.17) is 4.74 Å². The summed E-state index contributed by atoms with van der Waals surface area (Å²) in [5, 5.41) is 13.6. The average Bonchev–Trinajstić information content (AvgIpc) is 3.39. The van der Waals surface area contributed by atoms with Crippen LogP contribution >= 0.6 is 23.1 Å². The molecule has 0 atom stereocenters. The molecule has 146 valence electrons. The second-order valence-corrected chi connectivity index (χ2v) is 7.63. The summed E-state index contributed by atoms with van der Waals surface area (Å²) in [5.41, 5.74) is 0.901. The topological polar surface area (TPSA) is 86.1 Å². The van der Waals surface area contributed by atoms with Crippen LogP contribution in [-0.4, -0.2) is 38.9 Å². The molecule has 0 fully saturated rings. The molecule has 3 rings (SSSR count). The number of carbonyl (C=O) groups is 2. The van der Waals surface area contributed by atoms with Gasteiger partial charge in [0.05, 0.1) is 10.6 Å². The number of carbonyl (C=O) groups excluding carboxylic acids is 2. The van der Waals surface area contributed by atoms with Gasteiger partial charge in [0, 0.05) is 6.54 Å². The SMILES string of the molecule is CCn1c(SCC(=O)NCC(=O)OCc2ccccc2)nnc1-c1cccs1. The Morgan fingerprint density at radius 3 is 2.71 bits per heavy atom. The number of aromatic nitrogens is 3. The number of ether oxygens (including phenoxy) is 1. The van der Waals surface area contributed by atoms with Crippen molar-refractivity contribution < 1.29 is 14.3 Å². The van der Waals surface area contributed by atoms with Crippen molar-refractivity contribution in [3.05, 3.63) is 53.4 Å². The molecule has 7 nitrogen and oxygen atoms in total. The van der Waals surface area contributed by atoms with Crippen molar-refractivity contribution in [2.45, 2.75) is 25.2 Å². The van der Waals surface area contributed by atoms with Gasteiger partial charge in [-0.05, 0) is 23.9 Å². The Hall–Kier alpha value is -2.65. The van der Waals surface area contributed by atoms with Gasteiger partial charge in [-0.25, -0.2) is 0 Å². The van der Waals surface area contributed by atoms with Crippen molar-refractivity contribution in [2.24, 2.45) is 0 Å². The number of thiophene rings is 1. The number of nitrogens with zero attached hydrogens (tertiary/aromatic N) is 3. The molecule has 0 radical (unpaired) electrons. The van der Waals surface area contributed by atoms with Crippen LogP contribution in [0.5, 0.6) is 0 Å².